The lowest BCUT2D eigenvalue weighted by molar-refractivity contribution is 0.689. The molecule has 0 saturated carbocycles. The van der Waals surface area contributed by atoms with Crippen LogP contribution >= 0.6 is 15.9 Å². The lowest BCUT2D eigenvalue weighted by Gasteiger charge is -2.18. The summed E-state index contributed by atoms with van der Waals surface area (Å²) >= 11 is 3.53. The van der Waals surface area contributed by atoms with E-state index in [0.29, 0.717) is 12.5 Å². The normalized spacial score (nSPS) is 12.4. The van der Waals surface area contributed by atoms with Gasteiger partial charge in [0.2, 0.25) is 0 Å². The van der Waals surface area contributed by atoms with Crippen molar-refractivity contribution in [1.29, 1.82) is 0 Å². The van der Waals surface area contributed by atoms with Crippen LogP contribution in [0.5, 0.6) is 0 Å². The molecule has 0 saturated heterocycles. The van der Waals surface area contributed by atoms with Gasteiger partial charge in [-0.05, 0) is 55.6 Å². The first-order valence-electron chi connectivity index (χ1n) is 6.62. The number of hydrogen-bond donors (Lipinski definition) is 1. The molecule has 1 unspecified atom stereocenters. The molecule has 2 heteroatoms. The van der Waals surface area contributed by atoms with Gasteiger partial charge in [-0.25, -0.2) is 0 Å². The van der Waals surface area contributed by atoms with Crippen LogP contribution in [0.25, 0.3) is 0 Å². The number of aryl methyl sites for hydroxylation is 2. The molecule has 1 atom stereocenters. The fourth-order valence-electron chi connectivity index (χ4n) is 2.47. The molecular weight excluding hydrogens is 298 g/mol. The van der Waals surface area contributed by atoms with Gasteiger partial charge in [0, 0.05) is 10.4 Å². The molecule has 2 N–H and O–H groups in total. The Morgan fingerprint density at radius 2 is 1.89 bits per heavy atom. The maximum atomic E-state index is 6.00. The van der Waals surface area contributed by atoms with Crippen molar-refractivity contribution >= 4 is 15.9 Å². The van der Waals surface area contributed by atoms with Crippen molar-refractivity contribution in [2.45, 2.75) is 26.2 Å². The number of hydrogen-bond acceptors (Lipinski definition) is 1. The van der Waals surface area contributed by atoms with Crippen LogP contribution in [-0.2, 0) is 6.42 Å². The molecule has 0 aliphatic carbocycles. The van der Waals surface area contributed by atoms with Crippen molar-refractivity contribution in [1.82, 2.24) is 0 Å². The first kappa shape index (κ1) is 14.3. The molecule has 0 heterocycles. The third-order valence-electron chi connectivity index (χ3n) is 3.53. The quantitative estimate of drug-likeness (QED) is 0.891. The summed E-state index contributed by atoms with van der Waals surface area (Å²) in [5, 5.41) is 0. The minimum atomic E-state index is 0.384. The molecule has 0 bridgehead atoms. The van der Waals surface area contributed by atoms with Crippen molar-refractivity contribution < 1.29 is 0 Å². The van der Waals surface area contributed by atoms with E-state index in [0.717, 1.165) is 10.9 Å². The monoisotopic (exact) mass is 317 g/mol. The second kappa shape index (κ2) is 6.36. The van der Waals surface area contributed by atoms with Gasteiger partial charge in [0.05, 0.1) is 0 Å². The van der Waals surface area contributed by atoms with Gasteiger partial charge in [-0.15, -0.1) is 0 Å². The Kier molecular flexibility index (Phi) is 4.78. The average Bonchev–Trinajstić information content (AvgIpc) is 2.39. The van der Waals surface area contributed by atoms with Crippen molar-refractivity contribution in [3.05, 3.63) is 69.2 Å². The largest absolute Gasteiger partial charge is 0.330 e. The minimum absolute atomic E-state index is 0.384. The third kappa shape index (κ3) is 3.68. The molecule has 0 radical (unpaired) electrons. The molecule has 0 aliphatic heterocycles. The molecule has 0 aliphatic rings. The number of benzene rings is 2. The fourth-order valence-corrected chi connectivity index (χ4v) is 2.92. The standard InChI is InChI=1S/C17H20BrN/c1-12-6-7-13(2)17(8-12)15(11-19)9-14-4-3-5-16(18)10-14/h3-8,10,15H,9,11,19H2,1-2H3. The van der Waals surface area contributed by atoms with E-state index < -0.39 is 0 Å². The Hall–Kier alpha value is -1.12. The highest BCUT2D eigenvalue weighted by molar-refractivity contribution is 9.10. The summed E-state index contributed by atoms with van der Waals surface area (Å²) in [6, 6.07) is 15.1. The summed E-state index contributed by atoms with van der Waals surface area (Å²) in [5.41, 5.74) is 11.3. The summed E-state index contributed by atoms with van der Waals surface area (Å²) in [6.45, 7) is 4.98. The lowest BCUT2D eigenvalue weighted by atomic mass is 9.88. The van der Waals surface area contributed by atoms with E-state index in [-0.39, 0.29) is 0 Å². The Bertz CT molecular complexity index is 563. The SMILES string of the molecule is Cc1ccc(C)c(C(CN)Cc2cccc(Br)c2)c1. The molecule has 0 aromatic heterocycles. The smallest absolute Gasteiger partial charge is 0.0177 e. The summed E-state index contributed by atoms with van der Waals surface area (Å²) in [6.07, 6.45) is 0.986. The van der Waals surface area contributed by atoms with Crippen LogP contribution in [0, 0.1) is 13.8 Å². The minimum Gasteiger partial charge on any atom is -0.330 e. The van der Waals surface area contributed by atoms with Crippen LogP contribution < -0.4 is 5.73 Å². The molecule has 19 heavy (non-hydrogen) atoms. The zero-order valence-corrected chi connectivity index (χ0v) is 13.1. The van der Waals surface area contributed by atoms with E-state index >= 15 is 0 Å². The van der Waals surface area contributed by atoms with E-state index in [1.807, 2.05) is 0 Å². The highest BCUT2D eigenvalue weighted by Crippen LogP contribution is 2.25. The molecule has 0 fully saturated rings. The number of rotatable bonds is 4. The summed E-state index contributed by atoms with van der Waals surface area (Å²) in [4.78, 5) is 0. The van der Waals surface area contributed by atoms with Gasteiger partial charge in [-0.1, -0.05) is 51.8 Å². The molecule has 2 rings (SSSR count). The van der Waals surface area contributed by atoms with E-state index in [9.17, 15) is 0 Å². The predicted octanol–water partition coefficient (Wildman–Crippen LogP) is 4.35. The van der Waals surface area contributed by atoms with Crippen LogP contribution in [0.3, 0.4) is 0 Å². The van der Waals surface area contributed by atoms with E-state index in [4.69, 9.17) is 5.73 Å². The zero-order valence-electron chi connectivity index (χ0n) is 11.5. The maximum Gasteiger partial charge on any atom is 0.0177 e. The second-order valence-electron chi connectivity index (χ2n) is 5.13. The van der Waals surface area contributed by atoms with Gasteiger partial charge >= 0.3 is 0 Å². The van der Waals surface area contributed by atoms with Gasteiger partial charge in [-0.3, -0.25) is 0 Å². The van der Waals surface area contributed by atoms with Crippen LogP contribution in [0.1, 0.15) is 28.2 Å². The van der Waals surface area contributed by atoms with E-state index in [1.54, 1.807) is 0 Å². The van der Waals surface area contributed by atoms with Crippen LogP contribution in [0.4, 0.5) is 0 Å². The van der Waals surface area contributed by atoms with Crippen molar-refractivity contribution in [3.63, 3.8) is 0 Å². The summed E-state index contributed by atoms with van der Waals surface area (Å²) < 4.78 is 1.13. The summed E-state index contributed by atoms with van der Waals surface area (Å²) in [7, 11) is 0. The van der Waals surface area contributed by atoms with Gasteiger partial charge in [0.1, 0.15) is 0 Å². The number of nitrogens with two attached hydrogens (primary N) is 1. The zero-order chi connectivity index (χ0) is 13.8. The van der Waals surface area contributed by atoms with Crippen LogP contribution in [0.15, 0.2) is 46.9 Å². The van der Waals surface area contributed by atoms with Gasteiger partial charge in [0.15, 0.2) is 0 Å². The molecule has 0 amide bonds. The maximum absolute atomic E-state index is 6.00. The summed E-state index contributed by atoms with van der Waals surface area (Å²) in [5.74, 6) is 0.384. The molecule has 2 aromatic carbocycles. The molecule has 2 aromatic rings. The van der Waals surface area contributed by atoms with Crippen LogP contribution in [-0.4, -0.2) is 6.54 Å². The highest BCUT2D eigenvalue weighted by atomic mass is 79.9. The predicted molar refractivity (Wildman–Crippen MR) is 85.6 cm³/mol. The Labute approximate surface area is 124 Å². The third-order valence-corrected chi connectivity index (χ3v) is 4.02. The Morgan fingerprint density at radius 1 is 1.11 bits per heavy atom. The Morgan fingerprint density at radius 3 is 2.58 bits per heavy atom. The van der Waals surface area contributed by atoms with Gasteiger partial charge < -0.3 is 5.73 Å². The first-order chi connectivity index (χ1) is 9.10. The fraction of sp³-hybridized carbons (Fsp3) is 0.294. The molecule has 100 valence electrons. The van der Waals surface area contributed by atoms with Crippen molar-refractivity contribution in [2.75, 3.05) is 6.54 Å². The van der Waals surface area contributed by atoms with E-state index in [2.05, 4.69) is 72.2 Å². The van der Waals surface area contributed by atoms with Gasteiger partial charge in [-0.2, -0.15) is 0 Å². The van der Waals surface area contributed by atoms with E-state index in [1.165, 1.54) is 22.3 Å². The van der Waals surface area contributed by atoms with Crippen molar-refractivity contribution in [3.8, 4) is 0 Å². The first-order valence-corrected chi connectivity index (χ1v) is 7.41. The number of halogens is 1. The topological polar surface area (TPSA) is 26.0 Å². The van der Waals surface area contributed by atoms with Crippen LogP contribution in [0.2, 0.25) is 0 Å². The molecule has 0 spiro atoms. The van der Waals surface area contributed by atoms with Crippen molar-refractivity contribution in [2.24, 2.45) is 5.73 Å². The average molecular weight is 318 g/mol. The molecule has 1 nitrogen and oxygen atoms in total. The Balaban J connectivity index is 2.27. The molecular formula is C17H20BrN. The van der Waals surface area contributed by atoms with Gasteiger partial charge in [0.25, 0.3) is 0 Å². The second-order valence-corrected chi connectivity index (χ2v) is 6.04. The lowest BCUT2D eigenvalue weighted by Crippen LogP contribution is -2.16. The highest BCUT2D eigenvalue weighted by Gasteiger charge is 2.13.